The molecule has 4 rings (SSSR count). The molecular formula is C9H10O3. The Hall–Kier alpha value is -0.670. The molecule has 2 fully saturated rings. The van der Waals surface area contributed by atoms with E-state index in [1.165, 1.54) is 0 Å². The molecule has 1 saturated heterocycles. The molecule has 0 N–H and O–H groups in total. The van der Waals surface area contributed by atoms with Crippen LogP contribution in [0.1, 0.15) is 12.8 Å². The van der Waals surface area contributed by atoms with E-state index in [-0.39, 0.29) is 18.1 Å². The minimum absolute atomic E-state index is 0.0144. The molecule has 0 aromatic heterocycles. The number of carbonyl (C=O) groups is 1. The monoisotopic (exact) mass is 166 g/mol. The van der Waals surface area contributed by atoms with Gasteiger partial charge in [0.05, 0.1) is 0 Å². The topological polar surface area (TPSA) is 35.5 Å². The molecule has 2 bridgehead atoms. The molecule has 64 valence electrons. The normalized spacial score (nSPS) is 49.8. The van der Waals surface area contributed by atoms with Gasteiger partial charge in [-0.05, 0) is 6.42 Å². The van der Waals surface area contributed by atoms with Gasteiger partial charge in [0.25, 0.3) is 0 Å². The summed E-state index contributed by atoms with van der Waals surface area (Å²) in [6, 6.07) is 0. The number of fused-ring (bicyclic) bond motifs is 1. The van der Waals surface area contributed by atoms with Gasteiger partial charge in [0.2, 0.25) is 0 Å². The van der Waals surface area contributed by atoms with Gasteiger partial charge in [0, 0.05) is 18.3 Å². The number of rotatable bonds is 0. The van der Waals surface area contributed by atoms with Gasteiger partial charge in [0.1, 0.15) is 18.0 Å². The Morgan fingerprint density at radius 2 is 2.25 bits per heavy atom. The van der Waals surface area contributed by atoms with Crippen molar-refractivity contribution < 1.29 is 14.6 Å². The van der Waals surface area contributed by atoms with Gasteiger partial charge in [-0.25, -0.2) is 9.78 Å². The second-order valence-corrected chi connectivity index (χ2v) is 3.76. The van der Waals surface area contributed by atoms with Crippen molar-refractivity contribution in [1.82, 2.24) is 0 Å². The van der Waals surface area contributed by atoms with E-state index < -0.39 is 0 Å². The first-order valence-electron chi connectivity index (χ1n) is 4.38. The third-order valence-corrected chi connectivity index (χ3v) is 3.08. The molecule has 3 heteroatoms. The van der Waals surface area contributed by atoms with Gasteiger partial charge in [-0.15, -0.1) is 0 Å². The summed E-state index contributed by atoms with van der Waals surface area (Å²) < 4.78 is 0. The minimum Gasteiger partial charge on any atom is -0.299 e. The molecule has 4 atom stereocenters. The number of carbonyl (C=O) groups excluding carboxylic acids is 1. The van der Waals surface area contributed by atoms with E-state index in [9.17, 15) is 4.79 Å². The van der Waals surface area contributed by atoms with Gasteiger partial charge in [-0.1, -0.05) is 12.2 Å². The van der Waals surface area contributed by atoms with Crippen LogP contribution < -0.4 is 0 Å². The zero-order valence-corrected chi connectivity index (χ0v) is 6.60. The third-order valence-electron chi connectivity index (χ3n) is 3.08. The highest BCUT2D eigenvalue weighted by molar-refractivity contribution is 5.87. The Labute approximate surface area is 70.3 Å². The Bertz CT molecular complexity index is 258. The molecule has 0 aromatic rings. The van der Waals surface area contributed by atoms with Gasteiger partial charge in [-0.2, -0.15) is 0 Å². The van der Waals surface area contributed by atoms with Crippen molar-refractivity contribution in [1.29, 1.82) is 0 Å². The van der Waals surface area contributed by atoms with Crippen LogP contribution in [0.2, 0.25) is 0 Å². The Balaban J connectivity index is 1.93. The summed E-state index contributed by atoms with van der Waals surface area (Å²) in [7, 11) is 0. The van der Waals surface area contributed by atoms with Crippen LogP contribution in [0, 0.1) is 11.8 Å². The fourth-order valence-electron chi connectivity index (χ4n) is 2.27. The average molecular weight is 166 g/mol. The lowest BCUT2D eigenvalue weighted by molar-refractivity contribution is -0.338. The largest absolute Gasteiger partial charge is 0.299 e. The number of hydrogen-bond acceptors (Lipinski definition) is 3. The summed E-state index contributed by atoms with van der Waals surface area (Å²) in [5, 5.41) is 0. The standard InChI is InChI=1S/C9H10O3/c10-8-4-7-6(8)3-5-1-2-9(7)12-11-5/h1-2,5-7,9H,3-4H2/t5-,6+,7+,9+/m0/s1. The van der Waals surface area contributed by atoms with Gasteiger partial charge in [-0.3, -0.25) is 4.79 Å². The molecule has 1 saturated carbocycles. The molecular weight excluding hydrogens is 156 g/mol. The zero-order chi connectivity index (χ0) is 8.13. The van der Waals surface area contributed by atoms with Crippen molar-refractivity contribution in [3.63, 3.8) is 0 Å². The molecule has 0 unspecified atom stereocenters. The van der Waals surface area contributed by atoms with Gasteiger partial charge in [0.15, 0.2) is 0 Å². The van der Waals surface area contributed by atoms with Crippen molar-refractivity contribution in [2.45, 2.75) is 25.0 Å². The quantitative estimate of drug-likeness (QED) is 0.395. The summed E-state index contributed by atoms with van der Waals surface area (Å²) in [5.74, 6) is 0.978. The maximum Gasteiger partial charge on any atom is 0.136 e. The van der Waals surface area contributed by atoms with Crippen LogP contribution in [0.3, 0.4) is 0 Å². The van der Waals surface area contributed by atoms with Crippen LogP contribution in [-0.4, -0.2) is 18.0 Å². The molecule has 0 spiro atoms. The van der Waals surface area contributed by atoms with Crippen LogP contribution in [0.4, 0.5) is 0 Å². The first-order valence-corrected chi connectivity index (χ1v) is 4.38. The lowest BCUT2D eigenvalue weighted by Gasteiger charge is -2.34. The third kappa shape index (κ3) is 0.753. The van der Waals surface area contributed by atoms with E-state index in [4.69, 9.17) is 9.78 Å². The van der Waals surface area contributed by atoms with Crippen LogP contribution in [-0.2, 0) is 14.6 Å². The SMILES string of the molecule is O=C1C[C@H]2[C@H]3C=C[C@@H](C[C@@H]12)OO3. The van der Waals surface area contributed by atoms with E-state index >= 15 is 0 Å². The van der Waals surface area contributed by atoms with Crippen molar-refractivity contribution >= 4 is 5.78 Å². The highest BCUT2D eigenvalue weighted by atomic mass is 17.2. The van der Waals surface area contributed by atoms with Crippen molar-refractivity contribution in [3.8, 4) is 0 Å². The summed E-state index contributed by atoms with van der Waals surface area (Å²) in [6.07, 6.45) is 5.59. The number of hydrogen-bond donors (Lipinski definition) is 0. The van der Waals surface area contributed by atoms with Gasteiger partial charge < -0.3 is 0 Å². The van der Waals surface area contributed by atoms with Crippen molar-refractivity contribution in [3.05, 3.63) is 12.2 Å². The first-order chi connectivity index (χ1) is 5.84. The first kappa shape index (κ1) is 6.80. The van der Waals surface area contributed by atoms with Gasteiger partial charge >= 0.3 is 0 Å². The molecule has 0 radical (unpaired) electrons. The molecule has 2 aliphatic carbocycles. The molecule has 4 aliphatic rings. The fourth-order valence-corrected chi connectivity index (χ4v) is 2.27. The molecule has 2 aliphatic heterocycles. The van der Waals surface area contributed by atoms with Crippen LogP contribution in [0.15, 0.2) is 12.2 Å². The Morgan fingerprint density at radius 3 is 2.92 bits per heavy atom. The smallest absolute Gasteiger partial charge is 0.136 e. The maximum atomic E-state index is 11.2. The average Bonchev–Trinajstić information content (AvgIpc) is 2.32. The molecule has 0 aromatic carbocycles. The molecule has 2 heterocycles. The fraction of sp³-hybridized carbons (Fsp3) is 0.667. The second kappa shape index (κ2) is 2.18. The lowest BCUT2D eigenvalue weighted by Crippen LogP contribution is -2.42. The minimum atomic E-state index is 0.0144. The molecule has 3 nitrogen and oxygen atoms in total. The summed E-state index contributed by atoms with van der Waals surface area (Å²) in [5.41, 5.74) is 0. The van der Waals surface area contributed by atoms with Crippen molar-refractivity contribution in [2.24, 2.45) is 11.8 Å². The maximum absolute atomic E-state index is 11.2. The Morgan fingerprint density at radius 1 is 1.33 bits per heavy atom. The molecule has 0 amide bonds. The zero-order valence-electron chi connectivity index (χ0n) is 6.60. The van der Waals surface area contributed by atoms with E-state index in [0.717, 1.165) is 6.42 Å². The number of Topliss-reactive ketones (excluding diaryl/α,β-unsaturated/α-hetero) is 1. The summed E-state index contributed by atoms with van der Waals surface area (Å²) in [4.78, 5) is 21.4. The van der Waals surface area contributed by atoms with Crippen LogP contribution in [0.25, 0.3) is 0 Å². The Kier molecular flexibility index (Phi) is 1.23. The van der Waals surface area contributed by atoms with Crippen LogP contribution in [0.5, 0.6) is 0 Å². The second-order valence-electron chi connectivity index (χ2n) is 3.76. The predicted molar refractivity (Wildman–Crippen MR) is 40.1 cm³/mol. The lowest BCUT2D eigenvalue weighted by atomic mass is 9.68. The summed E-state index contributed by atoms with van der Waals surface area (Å²) in [6.45, 7) is 0. The van der Waals surface area contributed by atoms with Crippen LogP contribution >= 0.6 is 0 Å². The highest BCUT2D eigenvalue weighted by Crippen LogP contribution is 2.43. The summed E-state index contributed by atoms with van der Waals surface area (Å²) >= 11 is 0. The number of ketones is 1. The van der Waals surface area contributed by atoms with E-state index in [1.807, 2.05) is 12.2 Å². The highest BCUT2D eigenvalue weighted by Gasteiger charge is 2.49. The predicted octanol–water partition coefficient (Wildman–Crippen LogP) is 0.850. The van der Waals surface area contributed by atoms with E-state index in [0.29, 0.717) is 18.1 Å². The molecule has 12 heavy (non-hydrogen) atoms. The van der Waals surface area contributed by atoms with Crippen molar-refractivity contribution in [2.75, 3.05) is 0 Å². The van der Waals surface area contributed by atoms with E-state index in [2.05, 4.69) is 0 Å². The van der Waals surface area contributed by atoms with E-state index in [1.54, 1.807) is 0 Å².